The van der Waals surface area contributed by atoms with Gasteiger partial charge in [0.25, 0.3) is 0 Å². The van der Waals surface area contributed by atoms with E-state index in [4.69, 9.17) is 11.6 Å². The second-order valence-electron chi connectivity index (χ2n) is 4.40. The van der Waals surface area contributed by atoms with Gasteiger partial charge in [-0.2, -0.15) is 0 Å². The minimum Gasteiger partial charge on any atom is -0.406 e. The molecule has 0 spiro atoms. The van der Waals surface area contributed by atoms with Gasteiger partial charge in [0.15, 0.2) is 5.15 Å². The summed E-state index contributed by atoms with van der Waals surface area (Å²) in [5.41, 5.74) is 2.42. The molecular formula is C14H12ClF3N2O. The summed E-state index contributed by atoms with van der Waals surface area (Å²) in [6, 6.07) is 7.47. The highest BCUT2D eigenvalue weighted by atomic mass is 35.5. The SMILES string of the molecule is Cc1cnc(Cl)c(NCc2ccc(OC(F)(F)F)cc2)c1. The summed E-state index contributed by atoms with van der Waals surface area (Å²) in [6.07, 6.45) is -3.03. The second-order valence-corrected chi connectivity index (χ2v) is 4.75. The van der Waals surface area contributed by atoms with Gasteiger partial charge in [0.05, 0.1) is 5.69 Å². The Morgan fingerprint density at radius 2 is 1.90 bits per heavy atom. The maximum Gasteiger partial charge on any atom is 0.573 e. The second kappa shape index (κ2) is 6.22. The third kappa shape index (κ3) is 4.82. The summed E-state index contributed by atoms with van der Waals surface area (Å²) < 4.78 is 39.9. The Morgan fingerprint density at radius 1 is 1.24 bits per heavy atom. The van der Waals surface area contributed by atoms with Gasteiger partial charge in [-0.3, -0.25) is 0 Å². The number of benzene rings is 1. The van der Waals surface area contributed by atoms with E-state index in [-0.39, 0.29) is 5.75 Å². The van der Waals surface area contributed by atoms with E-state index in [0.717, 1.165) is 11.1 Å². The third-order valence-corrected chi connectivity index (χ3v) is 2.92. The molecular weight excluding hydrogens is 305 g/mol. The summed E-state index contributed by atoms with van der Waals surface area (Å²) in [5.74, 6) is -0.249. The smallest absolute Gasteiger partial charge is 0.406 e. The van der Waals surface area contributed by atoms with E-state index in [0.29, 0.717) is 17.4 Å². The highest BCUT2D eigenvalue weighted by molar-refractivity contribution is 6.31. The van der Waals surface area contributed by atoms with Crippen LogP contribution >= 0.6 is 11.6 Å². The molecule has 2 rings (SSSR count). The van der Waals surface area contributed by atoms with Gasteiger partial charge in [-0.05, 0) is 36.2 Å². The minimum absolute atomic E-state index is 0.249. The molecule has 0 bridgehead atoms. The first-order valence-corrected chi connectivity index (χ1v) is 6.42. The molecule has 112 valence electrons. The normalized spacial score (nSPS) is 11.3. The van der Waals surface area contributed by atoms with Crippen LogP contribution in [0.15, 0.2) is 36.5 Å². The van der Waals surface area contributed by atoms with Gasteiger partial charge < -0.3 is 10.1 Å². The van der Waals surface area contributed by atoms with Crippen LogP contribution in [-0.4, -0.2) is 11.3 Å². The number of pyridine rings is 1. The molecule has 0 aliphatic carbocycles. The third-order valence-electron chi connectivity index (χ3n) is 2.62. The van der Waals surface area contributed by atoms with Gasteiger partial charge in [-0.15, -0.1) is 13.2 Å². The Bertz CT molecular complexity index is 615. The van der Waals surface area contributed by atoms with E-state index in [2.05, 4.69) is 15.0 Å². The maximum atomic E-state index is 12.0. The number of aryl methyl sites for hydroxylation is 1. The van der Waals surface area contributed by atoms with Crippen molar-refractivity contribution in [1.29, 1.82) is 0 Å². The number of nitrogens with zero attached hydrogens (tertiary/aromatic N) is 1. The van der Waals surface area contributed by atoms with Gasteiger partial charge in [0.2, 0.25) is 0 Å². The van der Waals surface area contributed by atoms with Crippen molar-refractivity contribution in [1.82, 2.24) is 4.98 Å². The number of rotatable bonds is 4. The average molecular weight is 317 g/mol. The zero-order chi connectivity index (χ0) is 15.5. The van der Waals surface area contributed by atoms with Gasteiger partial charge in [0, 0.05) is 12.7 Å². The summed E-state index contributed by atoms with van der Waals surface area (Å²) in [4.78, 5) is 4.00. The summed E-state index contributed by atoms with van der Waals surface area (Å²) in [6.45, 7) is 2.30. The average Bonchev–Trinajstić information content (AvgIpc) is 2.40. The van der Waals surface area contributed by atoms with Crippen molar-refractivity contribution in [2.45, 2.75) is 19.8 Å². The first-order valence-electron chi connectivity index (χ1n) is 6.04. The monoisotopic (exact) mass is 316 g/mol. The highest BCUT2D eigenvalue weighted by Gasteiger charge is 2.30. The van der Waals surface area contributed by atoms with Crippen molar-refractivity contribution in [2.24, 2.45) is 0 Å². The lowest BCUT2D eigenvalue weighted by molar-refractivity contribution is -0.274. The van der Waals surface area contributed by atoms with Crippen molar-refractivity contribution in [3.63, 3.8) is 0 Å². The Morgan fingerprint density at radius 3 is 2.52 bits per heavy atom. The number of ether oxygens (including phenoxy) is 1. The van der Waals surface area contributed by atoms with Gasteiger partial charge in [0.1, 0.15) is 5.75 Å². The molecule has 3 nitrogen and oxygen atoms in total. The van der Waals surface area contributed by atoms with E-state index in [1.54, 1.807) is 18.3 Å². The number of halogens is 4. The fourth-order valence-electron chi connectivity index (χ4n) is 1.68. The van der Waals surface area contributed by atoms with Crippen molar-refractivity contribution in [2.75, 3.05) is 5.32 Å². The number of hydrogen-bond donors (Lipinski definition) is 1. The Balaban J connectivity index is 1.99. The molecule has 0 saturated heterocycles. The summed E-state index contributed by atoms with van der Waals surface area (Å²) in [5, 5.41) is 3.43. The molecule has 7 heteroatoms. The quantitative estimate of drug-likeness (QED) is 0.840. The van der Waals surface area contributed by atoms with Crippen molar-refractivity contribution >= 4 is 17.3 Å². The first kappa shape index (κ1) is 15.4. The van der Waals surface area contributed by atoms with Crippen molar-refractivity contribution < 1.29 is 17.9 Å². The lowest BCUT2D eigenvalue weighted by Crippen LogP contribution is -2.17. The van der Waals surface area contributed by atoms with Crippen LogP contribution in [0.5, 0.6) is 5.75 Å². The Labute approximate surface area is 124 Å². The van der Waals surface area contributed by atoms with Crippen LogP contribution in [0.1, 0.15) is 11.1 Å². The van der Waals surface area contributed by atoms with E-state index in [1.807, 2.05) is 13.0 Å². The van der Waals surface area contributed by atoms with E-state index in [9.17, 15) is 13.2 Å². The van der Waals surface area contributed by atoms with Crippen LogP contribution < -0.4 is 10.1 Å². The van der Waals surface area contributed by atoms with Crippen LogP contribution in [0.2, 0.25) is 5.15 Å². The molecule has 0 saturated carbocycles. The summed E-state index contributed by atoms with van der Waals surface area (Å²) >= 11 is 5.94. The maximum absolute atomic E-state index is 12.0. The molecule has 0 amide bonds. The molecule has 0 aliphatic heterocycles. The number of anilines is 1. The molecule has 0 radical (unpaired) electrons. The standard InChI is InChI=1S/C14H12ClF3N2O/c1-9-6-12(13(15)20-7-9)19-8-10-2-4-11(5-3-10)21-14(16,17)18/h2-7,19H,8H2,1H3. The fourth-order valence-corrected chi connectivity index (χ4v) is 1.85. The van der Waals surface area contributed by atoms with E-state index in [1.165, 1.54) is 12.1 Å². The molecule has 0 fully saturated rings. The molecule has 1 heterocycles. The summed E-state index contributed by atoms with van der Waals surface area (Å²) in [7, 11) is 0. The number of alkyl halides is 3. The topological polar surface area (TPSA) is 34.2 Å². The molecule has 2 aromatic rings. The zero-order valence-electron chi connectivity index (χ0n) is 11.0. The molecule has 0 unspecified atom stereocenters. The number of nitrogens with one attached hydrogen (secondary N) is 1. The lowest BCUT2D eigenvalue weighted by Gasteiger charge is -2.11. The molecule has 1 aromatic carbocycles. The minimum atomic E-state index is -4.68. The van der Waals surface area contributed by atoms with E-state index < -0.39 is 6.36 Å². The fraction of sp³-hybridized carbons (Fsp3) is 0.214. The van der Waals surface area contributed by atoms with Gasteiger partial charge in [-0.25, -0.2) is 4.98 Å². The van der Waals surface area contributed by atoms with Gasteiger partial charge >= 0.3 is 6.36 Å². The zero-order valence-corrected chi connectivity index (χ0v) is 11.8. The first-order chi connectivity index (χ1) is 9.83. The Kier molecular flexibility index (Phi) is 4.57. The lowest BCUT2D eigenvalue weighted by atomic mass is 10.2. The van der Waals surface area contributed by atoms with Crippen LogP contribution in [0.4, 0.5) is 18.9 Å². The molecule has 1 aromatic heterocycles. The van der Waals surface area contributed by atoms with Crippen molar-refractivity contribution in [3.8, 4) is 5.75 Å². The van der Waals surface area contributed by atoms with Crippen LogP contribution in [0.25, 0.3) is 0 Å². The molecule has 0 atom stereocenters. The van der Waals surface area contributed by atoms with Crippen molar-refractivity contribution in [3.05, 3.63) is 52.8 Å². The highest BCUT2D eigenvalue weighted by Crippen LogP contribution is 2.24. The number of hydrogen-bond acceptors (Lipinski definition) is 3. The van der Waals surface area contributed by atoms with Crippen LogP contribution in [0, 0.1) is 6.92 Å². The Hall–Kier alpha value is -1.95. The van der Waals surface area contributed by atoms with Crippen LogP contribution in [-0.2, 0) is 6.54 Å². The molecule has 21 heavy (non-hydrogen) atoms. The molecule has 1 N–H and O–H groups in total. The number of aromatic nitrogens is 1. The predicted molar refractivity (Wildman–Crippen MR) is 74.4 cm³/mol. The van der Waals surface area contributed by atoms with E-state index >= 15 is 0 Å². The molecule has 0 aliphatic rings. The van der Waals surface area contributed by atoms with Gasteiger partial charge in [-0.1, -0.05) is 23.7 Å². The predicted octanol–water partition coefficient (Wildman–Crippen LogP) is 4.55. The van der Waals surface area contributed by atoms with Crippen LogP contribution in [0.3, 0.4) is 0 Å². The largest absolute Gasteiger partial charge is 0.573 e.